The molecule has 0 N–H and O–H groups in total. The maximum Gasteiger partial charge on any atom is 0.0319 e. The van der Waals surface area contributed by atoms with Crippen LogP contribution < -0.4 is 0 Å². The van der Waals surface area contributed by atoms with Crippen LogP contribution in [0.3, 0.4) is 0 Å². The van der Waals surface area contributed by atoms with Gasteiger partial charge in [-0.2, -0.15) is 0 Å². The zero-order chi connectivity index (χ0) is 13.4. The highest BCUT2D eigenvalue weighted by Crippen LogP contribution is 2.48. The molecule has 1 heterocycles. The number of hydrogen-bond acceptors (Lipinski definition) is 1. The fourth-order valence-corrected chi connectivity index (χ4v) is 4.36. The van der Waals surface area contributed by atoms with Crippen LogP contribution in [0.4, 0.5) is 0 Å². The third kappa shape index (κ3) is 2.21. The van der Waals surface area contributed by atoms with Gasteiger partial charge in [0.1, 0.15) is 0 Å². The zero-order valence-corrected chi connectivity index (χ0v) is 12.6. The lowest BCUT2D eigenvalue weighted by atomic mass is 9.80. The molecule has 0 aromatic heterocycles. The van der Waals surface area contributed by atoms with E-state index in [0.29, 0.717) is 17.1 Å². The van der Waals surface area contributed by atoms with Gasteiger partial charge >= 0.3 is 0 Å². The molecule has 19 heavy (non-hydrogen) atoms. The van der Waals surface area contributed by atoms with Crippen molar-refractivity contribution in [2.24, 2.45) is 5.92 Å². The Hall–Kier alpha value is -1.21. The standard InChI is InChI=1S/C18H20S/c1-12(2)18-15-9-5-4-8-14(15)13(3)19-17-11-7-6-10-16(17)18/h4-13,18H,1-3H3. The Balaban J connectivity index is 2.25. The van der Waals surface area contributed by atoms with Gasteiger partial charge in [-0.3, -0.25) is 0 Å². The van der Waals surface area contributed by atoms with Crippen LogP contribution in [0.25, 0.3) is 0 Å². The van der Waals surface area contributed by atoms with Crippen LogP contribution in [0.1, 0.15) is 48.6 Å². The highest BCUT2D eigenvalue weighted by atomic mass is 32.2. The van der Waals surface area contributed by atoms with E-state index in [1.807, 2.05) is 11.8 Å². The molecule has 2 atom stereocenters. The highest BCUT2D eigenvalue weighted by molar-refractivity contribution is 7.99. The molecule has 0 amide bonds. The van der Waals surface area contributed by atoms with Gasteiger partial charge in [0.15, 0.2) is 0 Å². The molecule has 0 spiro atoms. The minimum atomic E-state index is 0.518. The molecule has 2 aromatic rings. The van der Waals surface area contributed by atoms with E-state index in [2.05, 4.69) is 69.3 Å². The van der Waals surface area contributed by atoms with E-state index in [1.165, 1.54) is 21.6 Å². The Kier molecular flexibility index (Phi) is 3.40. The first kappa shape index (κ1) is 12.8. The van der Waals surface area contributed by atoms with E-state index in [4.69, 9.17) is 0 Å². The second-order valence-electron chi connectivity index (χ2n) is 5.65. The molecule has 0 saturated carbocycles. The minimum Gasteiger partial charge on any atom is -0.118 e. The van der Waals surface area contributed by atoms with E-state index in [0.717, 1.165) is 0 Å². The fraction of sp³-hybridized carbons (Fsp3) is 0.333. The van der Waals surface area contributed by atoms with Crippen molar-refractivity contribution in [3.63, 3.8) is 0 Å². The maximum absolute atomic E-state index is 2.33. The molecule has 1 aliphatic rings. The largest absolute Gasteiger partial charge is 0.118 e. The van der Waals surface area contributed by atoms with Gasteiger partial charge in [0, 0.05) is 16.1 Å². The second kappa shape index (κ2) is 5.05. The lowest BCUT2D eigenvalue weighted by molar-refractivity contribution is 0.555. The highest BCUT2D eigenvalue weighted by Gasteiger charge is 2.28. The molecule has 1 heteroatoms. The predicted molar refractivity (Wildman–Crippen MR) is 83.8 cm³/mol. The van der Waals surface area contributed by atoms with Crippen molar-refractivity contribution >= 4 is 11.8 Å². The van der Waals surface area contributed by atoms with Gasteiger partial charge in [0.05, 0.1) is 0 Å². The molecular formula is C18H20S. The van der Waals surface area contributed by atoms with Crippen molar-refractivity contribution in [2.75, 3.05) is 0 Å². The van der Waals surface area contributed by atoms with Gasteiger partial charge < -0.3 is 0 Å². The maximum atomic E-state index is 2.33. The molecule has 0 radical (unpaired) electrons. The molecule has 0 bridgehead atoms. The average Bonchev–Trinajstić information content (AvgIpc) is 2.53. The fourth-order valence-electron chi connectivity index (χ4n) is 3.15. The summed E-state index contributed by atoms with van der Waals surface area (Å²) < 4.78 is 0. The van der Waals surface area contributed by atoms with Crippen molar-refractivity contribution in [3.8, 4) is 0 Å². The Morgan fingerprint density at radius 2 is 1.42 bits per heavy atom. The Morgan fingerprint density at radius 1 is 0.842 bits per heavy atom. The molecule has 0 aliphatic carbocycles. The number of hydrogen-bond donors (Lipinski definition) is 0. The third-order valence-corrected chi connectivity index (χ3v) is 5.23. The lowest BCUT2D eigenvalue weighted by Gasteiger charge is -2.23. The summed E-state index contributed by atoms with van der Waals surface area (Å²) in [6.07, 6.45) is 0. The summed E-state index contributed by atoms with van der Waals surface area (Å²) in [6.45, 7) is 6.99. The van der Waals surface area contributed by atoms with E-state index in [1.54, 1.807) is 0 Å². The predicted octanol–water partition coefficient (Wildman–Crippen LogP) is 5.64. The van der Waals surface area contributed by atoms with Crippen molar-refractivity contribution in [1.29, 1.82) is 0 Å². The van der Waals surface area contributed by atoms with E-state index in [9.17, 15) is 0 Å². The summed E-state index contributed by atoms with van der Waals surface area (Å²) in [5.41, 5.74) is 4.52. The molecule has 3 rings (SSSR count). The molecule has 2 unspecified atom stereocenters. The first-order valence-electron chi connectivity index (χ1n) is 7.03. The topological polar surface area (TPSA) is 0 Å². The number of rotatable bonds is 1. The summed E-state index contributed by atoms with van der Waals surface area (Å²) >= 11 is 2.00. The van der Waals surface area contributed by atoms with E-state index < -0.39 is 0 Å². The first-order valence-corrected chi connectivity index (χ1v) is 7.91. The van der Waals surface area contributed by atoms with Gasteiger partial charge in [-0.05, 0) is 35.6 Å². The summed E-state index contributed by atoms with van der Waals surface area (Å²) in [4.78, 5) is 1.45. The van der Waals surface area contributed by atoms with Gasteiger partial charge in [0.25, 0.3) is 0 Å². The van der Waals surface area contributed by atoms with E-state index in [-0.39, 0.29) is 0 Å². The molecule has 1 aliphatic heterocycles. The van der Waals surface area contributed by atoms with Crippen LogP contribution in [0.5, 0.6) is 0 Å². The molecule has 0 fully saturated rings. The summed E-state index contributed by atoms with van der Waals surface area (Å²) in [6, 6.07) is 17.9. The summed E-state index contributed by atoms with van der Waals surface area (Å²) in [7, 11) is 0. The van der Waals surface area contributed by atoms with Gasteiger partial charge in [-0.25, -0.2) is 0 Å². The summed E-state index contributed by atoms with van der Waals surface area (Å²) in [5, 5.41) is 0.529. The molecular weight excluding hydrogens is 248 g/mol. The third-order valence-electron chi connectivity index (χ3n) is 3.99. The van der Waals surface area contributed by atoms with E-state index >= 15 is 0 Å². The van der Waals surface area contributed by atoms with Crippen LogP contribution in [0.2, 0.25) is 0 Å². The van der Waals surface area contributed by atoms with Crippen molar-refractivity contribution in [2.45, 2.75) is 36.8 Å². The smallest absolute Gasteiger partial charge is 0.0319 e. The van der Waals surface area contributed by atoms with Gasteiger partial charge in [0.2, 0.25) is 0 Å². The molecule has 0 nitrogen and oxygen atoms in total. The average molecular weight is 268 g/mol. The van der Waals surface area contributed by atoms with Gasteiger partial charge in [-0.1, -0.05) is 56.3 Å². The Bertz CT molecular complexity index is 586. The number of fused-ring (bicyclic) bond motifs is 2. The molecule has 0 saturated heterocycles. The molecule has 2 aromatic carbocycles. The van der Waals surface area contributed by atoms with Crippen LogP contribution in [-0.2, 0) is 0 Å². The lowest BCUT2D eigenvalue weighted by Crippen LogP contribution is -2.10. The van der Waals surface area contributed by atoms with Crippen LogP contribution >= 0.6 is 11.8 Å². The normalized spacial score (nSPS) is 21.7. The van der Waals surface area contributed by atoms with Crippen LogP contribution in [-0.4, -0.2) is 0 Å². The van der Waals surface area contributed by atoms with Crippen molar-refractivity contribution in [1.82, 2.24) is 0 Å². The SMILES string of the molecule is CC1Sc2ccccc2C(C(C)C)c2ccccc21. The van der Waals surface area contributed by atoms with Crippen LogP contribution in [0, 0.1) is 5.92 Å². The Labute approximate surface area is 120 Å². The number of thioether (sulfide) groups is 1. The quantitative estimate of drug-likeness (QED) is 0.645. The number of benzene rings is 2. The monoisotopic (exact) mass is 268 g/mol. The van der Waals surface area contributed by atoms with Crippen molar-refractivity contribution < 1.29 is 0 Å². The second-order valence-corrected chi connectivity index (χ2v) is 7.03. The minimum absolute atomic E-state index is 0.518. The summed E-state index contributed by atoms with van der Waals surface area (Å²) in [5.74, 6) is 1.14. The Morgan fingerprint density at radius 3 is 2.11 bits per heavy atom. The van der Waals surface area contributed by atoms with Crippen LogP contribution in [0.15, 0.2) is 53.4 Å². The first-order chi connectivity index (χ1) is 9.18. The van der Waals surface area contributed by atoms with Gasteiger partial charge in [-0.15, -0.1) is 11.8 Å². The van der Waals surface area contributed by atoms with Crippen molar-refractivity contribution in [3.05, 3.63) is 65.2 Å². The molecule has 98 valence electrons. The zero-order valence-electron chi connectivity index (χ0n) is 11.8.